The fourth-order valence-corrected chi connectivity index (χ4v) is 2.50. The molecule has 3 aromatic rings. The smallest absolute Gasteiger partial charge is 0.212 e. The fraction of sp³-hybridized carbons (Fsp3) is 0.176. The lowest BCUT2D eigenvalue weighted by Crippen LogP contribution is -3.00. The molecule has 0 aliphatic heterocycles. The van der Waals surface area contributed by atoms with Crippen molar-refractivity contribution in [2.75, 3.05) is 0 Å². The van der Waals surface area contributed by atoms with Crippen LogP contribution in [0.2, 0.25) is 0 Å². The highest BCUT2D eigenvalue weighted by Crippen LogP contribution is 2.14. The molecular formula is C17H18IN2+. The van der Waals surface area contributed by atoms with E-state index in [2.05, 4.69) is 77.1 Å². The molecule has 0 saturated heterocycles. The van der Waals surface area contributed by atoms with E-state index in [1.165, 1.54) is 16.5 Å². The lowest BCUT2D eigenvalue weighted by molar-refractivity contribution is -0.689. The van der Waals surface area contributed by atoms with Crippen molar-refractivity contribution in [2.24, 2.45) is 0 Å². The summed E-state index contributed by atoms with van der Waals surface area (Å²) in [5, 5.41) is 1.34. The maximum atomic E-state index is 2.29. The van der Waals surface area contributed by atoms with Crippen LogP contribution in [0.4, 0.5) is 0 Å². The van der Waals surface area contributed by atoms with Gasteiger partial charge in [0.2, 0.25) is 5.52 Å². The molecule has 2 nitrogen and oxygen atoms in total. The van der Waals surface area contributed by atoms with Crippen molar-refractivity contribution in [1.82, 2.24) is 0 Å². The first kappa shape index (κ1) is 14.9. The molecule has 0 saturated carbocycles. The maximum absolute atomic E-state index is 2.29. The predicted molar refractivity (Wildman–Crippen MR) is 75.6 cm³/mol. The van der Waals surface area contributed by atoms with Crippen molar-refractivity contribution < 1.29 is 33.1 Å². The molecule has 0 bridgehead atoms. The molecule has 1 aromatic carbocycles. The summed E-state index contributed by atoms with van der Waals surface area (Å²) in [4.78, 5) is 0. The summed E-state index contributed by atoms with van der Waals surface area (Å²) in [7, 11) is 0. The Kier molecular flexibility index (Phi) is 5.06. The summed E-state index contributed by atoms with van der Waals surface area (Å²) < 4.78 is 4.49. The average molecular weight is 377 g/mol. The monoisotopic (exact) mass is 377 g/mol. The van der Waals surface area contributed by atoms with Crippen LogP contribution >= 0.6 is 0 Å². The third-order valence-corrected chi connectivity index (χ3v) is 3.49. The van der Waals surface area contributed by atoms with E-state index in [4.69, 9.17) is 0 Å². The number of para-hydroxylation sites is 1. The minimum atomic E-state index is 0. The van der Waals surface area contributed by atoms with Crippen molar-refractivity contribution in [3.8, 4) is 0 Å². The Morgan fingerprint density at radius 2 is 1.60 bits per heavy atom. The van der Waals surface area contributed by atoms with Crippen LogP contribution in [0.1, 0.15) is 12.5 Å². The van der Waals surface area contributed by atoms with E-state index in [1.54, 1.807) is 0 Å². The van der Waals surface area contributed by atoms with Crippen LogP contribution in [0.25, 0.3) is 10.9 Å². The molecule has 3 heteroatoms. The van der Waals surface area contributed by atoms with E-state index in [-0.39, 0.29) is 24.0 Å². The van der Waals surface area contributed by atoms with Crippen LogP contribution < -0.4 is 33.1 Å². The molecule has 102 valence electrons. The number of nitrogens with zero attached hydrogens (tertiary/aromatic N) is 2. The Morgan fingerprint density at radius 1 is 0.850 bits per heavy atom. The highest BCUT2D eigenvalue weighted by molar-refractivity contribution is 5.79. The number of aryl methyl sites for hydroxylation is 1. The summed E-state index contributed by atoms with van der Waals surface area (Å²) in [5.74, 6) is 0. The first-order chi connectivity index (χ1) is 9.38. The summed E-state index contributed by atoms with van der Waals surface area (Å²) >= 11 is 0. The van der Waals surface area contributed by atoms with Crippen LogP contribution in [-0.4, -0.2) is 0 Å². The van der Waals surface area contributed by atoms with Gasteiger partial charge in [-0.15, -0.1) is 0 Å². The minimum Gasteiger partial charge on any atom is -1.00 e. The second-order valence-corrected chi connectivity index (χ2v) is 4.69. The third-order valence-electron chi connectivity index (χ3n) is 3.49. The average Bonchev–Trinajstić information content (AvgIpc) is 2.49. The van der Waals surface area contributed by atoms with Crippen LogP contribution in [-0.2, 0) is 13.1 Å². The van der Waals surface area contributed by atoms with E-state index in [1.807, 2.05) is 6.07 Å². The fourth-order valence-electron chi connectivity index (χ4n) is 2.50. The second-order valence-electron chi connectivity index (χ2n) is 4.69. The highest BCUT2D eigenvalue weighted by Gasteiger charge is 2.13. The number of benzene rings is 1. The first-order valence-electron chi connectivity index (χ1n) is 6.72. The van der Waals surface area contributed by atoms with Crippen LogP contribution in [0.5, 0.6) is 0 Å². The van der Waals surface area contributed by atoms with Gasteiger partial charge in [0.05, 0.1) is 5.39 Å². The number of pyridine rings is 2. The van der Waals surface area contributed by atoms with Crippen LogP contribution in [0.3, 0.4) is 0 Å². The van der Waals surface area contributed by atoms with Gasteiger partial charge in [-0.3, -0.25) is 0 Å². The number of hydrogen-bond donors (Lipinski definition) is 0. The van der Waals surface area contributed by atoms with Crippen molar-refractivity contribution in [3.05, 3.63) is 72.7 Å². The number of hydrogen-bond acceptors (Lipinski definition) is 0. The van der Waals surface area contributed by atoms with Crippen LogP contribution in [0, 0.1) is 0 Å². The van der Waals surface area contributed by atoms with Crippen LogP contribution in [0.15, 0.2) is 67.1 Å². The Balaban J connectivity index is 0.00000147. The van der Waals surface area contributed by atoms with E-state index in [0.717, 1.165) is 13.1 Å². The van der Waals surface area contributed by atoms with Gasteiger partial charge in [-0.25, -0.2) is 4.57 Å². The molecule has 0 atom stereocenters. The molecule has 0 unspecified atom stereocenters. The molecule has 0 aliphatic rings. The van der Waals surface area contributed by atoms with Gasteiger partial charge in [-0.1, -0.05) is 18.2 Å². The summed E-state index contributed by atoms with van der Waals surface area (Å²) in [6.45, 7) is 4.09. The quantitative estimate of drug-likeness (QED) is 0.429. The SMILES string of the molecule is CC[n+]1ccc(C[n+]2ccccc2)c2ccccc21.[I-]. The summed E-state index contributed by atoms with van der Waals surface area (Å²) in [6, 6.07) is 17.0. The van der Waals surface area contributed by atoms with Gasteiger partial charge >= 0.3 is 0 Å². The highest BCUT2D eigenvalue weighted by atomic mass is 127. The molecule has 0 fully saturated rings. The van der Waals surface area contributed by atoms with Gasteiger partial charge in [0, 0.05) is 29.8 Å². The number of fused-ring (bicyclic) bond motifs is 1. The largest absolute Gasteiger partial charge is 1.00 e. The minimum absolute atomic E-state index is 0. The normalized spacial score (nSPS) is 10.2. The van der Waals surface area contributed by atoms with Gasteiger partial charge < -0.3 is 24.0 Å². The van der Waals surface area contributed by atoms with E-state index < -0.39 is 0 Å². The van der Waals surface area contributed by atoms with Crippen molar-refractivity contribution >= 4 is 10.9 Å². The molecule has 3 rings (SSSR count). The lowest BCUT2D eigenvalue weighted by atomic mass is 10.1. The predicted octanol–water partition coefficient (Wildman–Crippen LogP) is -0.513. The van der Waals surface area contributed by atoms with E-state index >= 15 is 0 Å². The Labute approximate surface area is 136 Å². The second kappa shape index (κ2) is 6.79. The molecule has 20 heavy (non-hydrogen) atoms. The molecule has 2 heterocycles. The van der Waals surface area contributed by atoms with E-state index in [9.17, 15) is 0 Å². The van der Waals surface area contributed by atoms with E-state index in [0.29, 0.717) is 0 Å². The van der Waals surface area contributed by atoms with Gasteiger partial charge in [-0.05, 0) is 13.0 Å². The zero-order valence-corrected chi connectivity index (χ0v) is 13.7. The van der Waals surface area contributed by atoms with Crippen molar-refractivity contribution in [1.29, 1.82) is 0 Å². The molecule has 0 N–H and O–H groups in total. The topological polar surface area (TPSA) is 7.76 Å². The third kappa shape index (κ3) is 2.98. The number of aromatic nitrogens is 2. The van der Waals surface area contributed by atoms with Gasteiger partial charge in [0.25, 0.3) is 0 Å². The molecule has 0 amide bonds. The zero-order chi connectivity index (χ0) is 13.1. The van der Waals surface area contributed by atoms with Gasteiger partial charge in [-0.2, -0.15) is 4.57 Å². The number of halogens is 1. The Morgan fingerprint density at radius 3 is 2.35 bits per heavy atom. The first-order valence-corrected chi connectivity index (χ1v) is 6.72. The van der Waals surface area contributed by atoms with Gasteiger partial charge in [0.1, 0.15) is 6.54 Å². The van der Waals surface area contributed by atoms with Gasteiger partial charge in [0.15, 0.2) is 25.1 Å². The zero-order valence-electron chi connectivity index (χ0n) is 11.5. The maximum Gasteiger partial charge on any atom is 0.212 e. The van der Waals surface area contributed by atoms with Crippen molar-refractivity contribution in [2.45, 2.75) is 20.0 Å². The van der Waals surface area contributed by atoms with Crippen molar-refractivity contribution in [3.63, 3.8) is 0 Å². The molecule has 0 radical (unpaired) electrons. The molecule has 2 aromatic heterocycles. The Hall–Kier alpha value is -1.49. The molecule has 0 aliphatic carbocycles. The summed E-state index contributed by atoms with van der Waals surface area (Å²) in [5.41, 5.74) is 2.66. The molecule has 0 spiro atoms. The lowest BCUT2D eigenvalue weighted by Gasteiger charge is -2.03. The standard InChI is InChI=1S/C17H18N2.HI/c1-2-19-13-10-15(14-18-11-6-3-7-12-18)16-8-4-5-9-17(16)19;/h3-13H,2,14H2,1H3;1H/q+2;/p-1. The molecular weight excluding hydrogens is 359 g/mol. The Bertz CT molecular complexity index is 696. The number of rotatable bonds is 3. The summed E-state index contributed by atoms with van der Waals surface area (Å²) in [6.07, 6.45) is 6.40.